The molecule has 2 aromatic heterocycles. The second kappa shape index (κ2) is 7.37. The lowest BCUT2D eigenvalue weighted by molar-refractivity contribution is 0.391. The summed E-state index contributed by atoms with van der Waals surface area (Å²) >= 11 is 7.26. The fraction of sp³-hybridized carbons (Fsp3) is 0.0588. The van der Waals surface area contributed by atoms with Crippen molar-refractivity contribution in [2.24, 2.45) is 0 Å². The third kappa shape index (κ3) is 3.79. The molecule has 2 N–H and O–H groups in total. The molecule has 2 aromatic carbocycles. The molecule has 0 saturated carbocycles. The molecule has 0 aliphatic heterocycles. The molecule has 10 heteroatoms. The first kappa shape index (κ1) is 17.5. The van der Waals surface area contributed by atoms with Gasteiger partial charge in [0.25, 0.3) is 0 Å². The van der Waals surface area contributed by atoms with Crippen molar-refractivity contribution < 1.29 is 8.91 Å². The Labute approximate surface area is 162 Å². The van der Waals surface area contributed by atoms with E-state index in [0.717, 1.165) is 5.56 Å². The Hall–Kier alpha value is -2.91. The van der Waals surface area contributed by atoms with Gasteiger partial charge in [0.1, 0.15) is 5.82 Å². The number of nitrogens with two attached hydrogens (primary N) is 1. The molecule has 0 radical (unpaired) electrons. The van der Waals surface area contributed by atoms with Crippen molar-refractivity contribution in [1.29, 1.82) is 0 Å². The number of benzene rings is 2. The quantitative estimate of drug-likeness (QED) is 0.400. The molecular formula is C17H12ClFN6OS. The van der Waals surface area contributed by atoms with Gasteiger partial charge in [-0.3, -0.25) is 0 Å². The number of aromatic nitrogens is 5. The van der Waals surface area contributed by atoms with Crippen LogP contribution in [0.25, 0.3) is 22.8 Å². The number of hydrogen-bond donors (Lipinski definition) is 1. The highest BCUT2D eigenvalue weighted by Crippen LogP contribution is 2.26. The lowest BCUT2D eigenvalue weighted by Gasteiger charge is -2.02. The Morgan fingerprint density at radius 1 is 1.11 bits per heavy atom. The maximum Gasteiger partial charge on any atom is 0.237 e. The zero-order valence-electron chi connectivity index (χ0n) is 13.7. The van der Waals surface area contributed by atoms with Crippen LogP contribution < -0.4 is 5.84 Å². The molecule has 0 bridgehead atoms. The second-order valence-corrected chi connectivity index (χ2v) is 6.88. The Morgan fingerprint density at radius 3 is 2.74 bits per heavy atom. The number of nitrogens with zero attached hydrogens (tertiary/aromatic N) is 5. The van der Waals surface area contributed by atoms with E-state index in [9.17, 15) is 4.39 Å². The Balaban J connectivity index is 1.48. The molecule has 7 nitrogen and oxygen atoms in total. The smallest absolute Gasteiger partial charge is 0.237 e. The summed E-state index contributed by atoms with van der Waals surface area (Å²) in [7, 11) is 0. The molecule has 0 aliphatic carbocycles. The van der Waals surface area contributed by atoms with Crippen LogP contribution in [0.1, 0.15) is 5.89 Å². The zero-order chi connectivity index (χ0) is 18.8. The van der Waals surface area contributed by atoms with E-state index < -0.39 is 0 Å². The van der Waals surface area contributed by atoms with Gasteiger partial charge in [0.05, 0.1) is 5.75 Å². The Morgan fingerprint density at radius 2 is 1.93 bits per heavy atom. The maximum absolute atomic E-state index is 13.4. The first-order chi connectivity index (χ1) is 13.1. The van der Waals surface area contributed by atoms with Crippen LogP contribution in [0.15, 0.2) is 58.2 Å². The van der Waals surface area contributed by atoms with Crippen LogP contribution in [0.2, 0.25) is 5.02 Å². The van der Waals surface area contributed by atoms with E-state index in [-0.39, 0.29) is 5.82 Å². The number of thioether (sulfide) groups is 1. The van der Waals surface area contributed by atoms with E-state index in [2.05, 4.69) is 20.3 Å². The van der Waals surface area contributed by atoms with Crippen molar-refractivity contribution in [1.82, 2.24) is 25.0 Å². The summed E-state index contributed by atoms with van der Waals surface area (Å²) in [6.07, 6.45) is 0. The van der Waals surface area contributed by atoms with Crippen molar-refractivity contribution >= 4 is 23.4 Å². The van der Waals surface area contributed by atoms with Gasteiger partial charge in [0.2, 0.25) is 16.9 Å². The maximum atomic E-state index is 13.4. The lowest BCUT2D eigenvalue weighted by Crippen LogP contribution is -2.11. The van der Waals surface area contributed by atoms with Crippen LogP contribution in [-0.4, -0.2) is 25.0 Å². The average molecular weight is 403 g/mol. The van der Waals surface area contributed by atoms with Gasteiger partial charge < -0.3 is 10.4 Å². The summed E-state index contributed by atoms with van der Waals surface area (Å²) in [4.78, 5) is 4.34. The molecule has 4 rings (SSSR count). The van der Waals surface area contributed by atoms with Gasteiger partial charge in [0, 0.05) is 16.1 Å². The SMILES string of the molecule is Nn1c(SCc2nc(-c3cccc(Cl)c3)no2)nnc1-c1cccc(F)c1. The van der Waals surface area contributed by atoms with E-state index >= 15 is 0 Å². The Kier molecular flexibility index (Phi) is 4.78. The highest BCUT2D eigenvalue weighted by molar-refractivity contribution is 7.98. The summed E-state index contributed by atoms with van der Waals surface area (Å²) in [6, 6.07) is 13.2. The minimum absolute atomic E-state index is 0.353. The third-order valence-electron chi connectivity index (χ3n) is 3.62. The molecular weight excluding hydrogens is 391 g/mol. The number of hydrogen-bond acceptors (Lipinski definition) is 7. The van der Waals surface area contributed by atoms with Gasteiger partial charge >= 0.3 is 0 Å². The number of nitrogen functional groups attached to an aromatic ring is 1. The zero-order valence-corrected chi connectivity index (χ0v) is 15.3. The first-order valence-electron chi connectivity index (χ1n) is 7.78. The first-order valence-corrected chi connectivity index (χ1v) is 9.14. The minimum Gasteiger partial charge on any atom is -0.338 e. The number of rotatable bonds is 5. The van der Waals surface area contributed by atoms with Crippen LogP contribution in [0, 0.1) is 5.82 Å². The van der Waals surface area contributed by atoms with Crippen LogP contribution in [0.5, 0.6) is 0 Å². The second-order valence-electron chi connectivity index (χ2n) is 5.50. The molecule has 4 aromatic rings. The molecule has 0 amide bonds. The van der Waals surface area contributed by atoms with Gasteiger partial charge in [-0.15, -0.1) is 10.2 Å². The lowest BCUT2D eigenvalue weighted by atomic mass is 10.2. The standard InChI is InChI=1S/C17H12ClFN6OS/c18-12-5-1-3-10(7-12)15-21-14(26-24-15)9-27-17-23-22-16(25(17)20)11-4-2-6-13(19)8-11/h1-8H,9,20H2. The van der Waals surface area contributed by atoms with Gasteiger partial charge in [-0.1, -0.05) is 52.8 Å². The highest BCUT2D eigenvalue weighted by Gasteiger charge is 2.15. The van der Waals surface area contributed by atoms with E-state index in [0.29, 0.717) is 39.0 Å². The molecule has 0 atom stereocenters. The van der Waals surface area contributed by atoms with E-state index in [1.54, 1.807) is 24.3 Å². The predicted molar refractivity (Wildman–Crippen MR) is 99.9 cm³/mol. The van der Waals surface area contributed by atoms with Crippen LogP contribution in [0.4, 0.5) is 4.39 Å². The summed E-state index contributed by atoms with van der Waals surface area (Å²) in [5.41, 5.74) is 1.30. The third-order valence-corrected chi connectivity index (χ3v) is 4.79. The van der Waals surface area contributed by atoms with Gasteiger partial charge in [-0.25, -0.2) is 9.07 Å². The van der Waals surface area contributed by atoms with Gasteiger partial charge in [-0.05, 0) is 24.3 Å². The van der Waals surface area contributed by atoms with Crippen molar-refractivity contribution in [3.8, 4) is 22.8 Å². The van der Waals surface area contributed by atoms with Crippen molar-refractivity contribution in [2.75, 3.05) is 5.84 Å². The highest BCUT2D eigenvalue weighted by atomic mass is 35.5. The van der Waals surface area contributed by atoms with E-state index in [1.165, 1.54) is 28.6 Å². The van der Waals surface area contributed by atoms with Crippen LogP contribution in [0.3, 0.4) is 0 Å². The topological polar surface area (TPSA) is 95.7 Å². The molecule has 136 valence electrons. The van der Waals surface area contributed by atoms with E-state index in [4.69, 9.17) is 22.0 Å². The van der Waals surface area contributed by atoms with Crippen molar-refractivity contribution in [2.45, 2.75) is 10.9 Å². The summed E-state index contributed by atoms with van der Waals surface area (Å²) in [5, 5.41) is 13.0. The summed E-state index contributed by atoms with van der Waals surface area (Å²) in [5.74, 6) is 7.23. The largest absolute Gasteiger partial charge is 0.338 e. The monoisotopic (exact) mass is 402 g/mol. The summed E-state index contributed by atoms with van der Waals surface area (Å²) < 4.78 is 19.9. The van der Waals surface area contributed by atoms with E-state index in [1.807, 2.05) is 12.1 Å². The van der Waals surface area contributed by atoms with Crippen molar-refractivity contribution in [3.05, 3.63) is 65.3 Å². The fourth-order valence-corrected chi connectivity index (χ4v) is 3.27. The van der Waals surface area contributed by atoms with Gasteiger partial charge in [-0.2, -0.15) is 4.98 Å². The summed E-state index contributed by atoms with van der Waals surface area (Å²) in [6.45, 7) is 0. The van der Waals surface area contributed by atoms with Crippen molar-refractivity contribution in [3.63, 3.8) is 0 Å². The molecule has 0 aliphatic rings. The fourth-order valence-electron chi connectivity index (χ4n) is 2.38. The molecule has 0 unspecified atom stereocenters. The molecule has 0 spiro atoms. The normalized spacial score (nSPS) is 11.0. The minimum atomic E-state index is -0.371. The number of halogens is 2. The van der Waals surface area contributed by atoms with Crippen LogP contribution >= 0.6 is 23.4 Å². The van der Waals surface area contributed by atoms with Crippen LogP contribution in [-0.2, 0) is 5.75 Å². The molecule has 2 heterocycles. The molecule has 0 fully saturated rings. The van der Waals surface area contributed by atoms with Gasteiger partial charge in [0.15, 0.2) is 5.82 Å². The predicted octanol–water partition coefficient (Wildman–Crippen LogP) is 3.79. The molecule has 27 heavy (non-hydrogen) atoms. The average Bonchev–Trinajstić information content (AvgIpc) is 3.27. The Bertz CT molecular complexity index is 1100. The molecule has 0 saturated heterocycles.